The Labute approximate surface area is 180 Å². The van der Waals surface area contributed by atoms with Crippen LogP contribution in [0.1, 0.15) is 19.8 Å². The van der Waals surface area contributed by atoms with Crippen LogP contribution in [0.15, 0.2) is 58.4 Å². The van der Waals surface area contributed by atoms with Gasteiger partial charge in [0.2, 0.25) is 10.0 Å². The number of sulfonamides is 1. The van der Waals surface area contributed by atoms with Crippen LogP contribution in [0.4, 0.5) is 10.2 Å². The van der Waals surface area contributed by atoms with Gasteiger partial charge in [0.25, 0.3) is 0 Å². The van der Waals surface area contributed by atoms with E-state index in [1.54, 1.807) is 11.7 Å². The van der Waals surface area contributed by atoms with Gasteiger partial charge in [0.15, 0.2) is 0 Å². The topological polar surface area (TPSA) is 84.0 Å². The minimum atomic E-state index is -3.81. The van der Waals surface area contributed by atoms with Gasteiger partial charge in [-0.15, -0.1) is 23.7 Å². The maximum atomic E-state index is 13.4. The molecule has 0 spiro atoms. The van der Waals surface area contributed by atoms with Crippen molar-refractivity contribution in [1.82, 2.24) is 14.7 Å². The number of benzene rings is 1. The fraction of sp³-hybridized carbons (Fsp3) is 0.263. The molecule has 3 aromatic rings. The molecule has 0 saturated heterocycles. The van der Waals surface area contributed by atoms with Crippen LogP contribution in [-0.2, 0) is 10.0 Å². The quantitative estimate of drug-likeness (QED) is 0.500. The van der Waals surface area contributed by atoms with Crippen LogP contribution in [0.3, 0.4) is 0 Å². The summed E-state index contributed by atoms with van der Waals surface area (Å²) in [6, 6.07) is 8.37. The molecule has 6 nitrogen and oxygen atoms in total. The smallest absolute Gasteiger partial charge is 0.240 e. The Hall–Kier alpha value is -2.07. The van der Waals surface area contributed by atoms with E-state index in [1.807, 2.05) is 24.4 Å². The minimum absolute atomic E-state index is 0. The summed E-state index contributed by atoms with van der Waals surface area (Å²) >= 11 is 1.52. The third kappa shape index (κ3) is 6.46. The molecule has 1 atom stereocenters. The normalized spacial score (nSPS) is 12.2. The van der Waals surface area contributed by atoms with Crippen molar-refractivity contribution >= 4 is 39.6 Å². The molecule has 0 bridgehead atoms. The Bertz CT molecular complexity index is 1020. The third-order valence-corrected chi connectivity index (χ3v) is 6.19. The SMILES string of the molecule is CCCC(CNc1cc(-c2cscn2)ccn1)NS(=O)(=O)c1cccc(F)c1.Cl. The van der Waals surface area contributed by atoms with Gasteiger partial charge < -0.3 is 5.32 Å². The van der Waals surface area contributed by atoms with Crippen LogP contribution in [0.2, 0.25) is 0 Å². The fourth-order valence-corrected chi connectivity index (χ4v) is 4.60. The molecule has 0 saturated carbocycles. The Morgan fingerprint density at radius 1 is 1.21 bits per heavy atom. The number of pyridine rings is 1. The molecule has 29 heavy (non-hydrogen) atoms. The predicted octanol–water partition coefficient (Wildman–Crippen LogP) is 4.33. The van der Waals surface area contributed by atoms with E-state index in [2.05, 4.69) is 20.0 Å². The van der Waals surface area contributed by atoms with Crippen LogP contribution in [0, 0.1) is 5.82 Å². The molecule has 0 aliphatic rings. The first kappa shape index (κ1) is 23.2. The van der Waals surface area contributed by atoms with Gasteiger partial charge in [-0.2, -0.15) is 0 Å². The van der Waals surface area contributed by atoms with Crippen LogP contribution >= 0.6 is 23.7 Å². The van der Waals surface area contributed by atoms with E-state index < -0.39 is 15.8 Å². The Kier molecular flexibility index (Phi) is 8.51. The lowest BCUT2D eigenvalue weighted by Gasteiger charge is -2.19. The number of rotatable bonds is 9. The van der Waals surface area contributed by atoms with Crippen molar-refractivity contribution in [2.45, 2.75) is 30.7 Å². The molecule has 0 fully saturated rings. The van der Waals surface area contributed by atoms with Gasteiger partial charge in [0.1, 0.15) is 11.6 Å². The second-order valence-electron chi connectivity index (χ2n) is 6.25. The maximum absolute atomic E-state index is 13.4. The highest BCUT2D eigenvalue weighted by Crippen LogP contribution is 2.21. The van der Waals surface area contributed by atoms with Gasteiger partial charge in [0, 0.05) is 29.7 Å². The van der Waals surface area contributed by atoms with E-state index in [-0.39, 0.29) is 23.3 Å². The summed E-state index contributed by atoms with van der Waals surface area (Å²) in [5.41, 5.74) is 3.57. The molecule has 1 unspecified atom stereocenters. The lowest BCUT2D eigenvalue weighted by Crippen LogP contribution is -2.39. The number of hydrogen-bond acceptors (Lipinski definition) is 6. The molecule has 0 radical (unpaired) electrons. The van der Waals surface area contributed by atoms with Crippen LogP contribution in [0.5, 0.6) is 0 Å². The van der Waals surface area contributed by atoms with Crippen molar-refractivity contribution in [2.75, 3.05) is 11.9 Å². The summed E-state index contributed by atoms with van der Waals surface area (Å²) in [7, 11) is -3.81. The number of anilines is 1. The summed E-state index contributed by atoms with van der Waals surface area (Å²) < 4.78 is 41.2. The molecule has 2 N–H and O–H groups in total. The van der Waals surface area contributed by atoms with E-state index >= 15 is 0 Å². The van der Waals surface area contributed by atoms with Crippen molar-refractivity contribution < 1.29 is 12.8 Å². The average molecular weight is 457 g/mol. The molecular formula is C19H22ClFN4O2S2. The molecule has 0 amide bonds. The number of nitrogens with one attached hydrogen (secondary N) is 2. The standard InChI is InChI=1S/C19H21FN4O2S2.ClH/c1-2-4-16(24-28(25,26)17-6-3-5-15(20)10-17)11-22-19-9-14(7-8-21-19)18-12-27-13-23-18;/h3,5-10,12-13,16,24H,2,4,11H2,1H3,(H,21,22);1H. The molecule has 0 aliphatic carbocycles. The Morgan fingerprint density at radius 2 is 2.03 bits per heavy atom. The lowest BCUT2D eigenvalue weighted by atomic mass is 10.2. The van der Waals surface area contributed by atoms with Crippen LogP contribution < -0.4 is 10.0 Å². The molecule has 3 rings (SSSR count). The molecule has 1 aromatic carbocycles. The van der Waals surface area contributed by atoms with E-state index in [4.69, 9.17) is 0 Å². The van der Waals surface area contributed by atoms with Crippen molar-refractivity contribution in [3.8, 4) is 11.3 Å². The highest BCUT2D eigenvalue weighted by atomic mass is 35.5. The molecule has 2 heterocycles. The second-order valence-corrected chi connectivity index (χ2v) is 8.68. The van der Waals surface area contributed by atoms with Gasteiger partial charge in [0.05, 0.1) is 16.1 Å². The first-order valence-electron chi connectivity index (χ1n) is 8.84. The van der Waals surface area contributed by atoms with Gasteiger partial charge in [-0.1, -0.05) is 19.4 Å². The Balaban J connectivity index is 0.00000300. The summed E-state index contributed by atoms with van der Waals surface area (Å²) in [5, 5.41) is 5.13. The van der Waals surface area contributed by atoms with Gasteiger partial charge in [-0.25, -0.2) is 27.5 Å². The van der Waals surface area contributed by atoms with E-state index in [0.717, 1.165) is 23.7 Å². The minimum Gasteiger partial charge on any atom is -0.368 e. The zero-order valence-electron chi connectivity index (χ0n) is 15.7. The van der Waals surface area contributed by atoms with Crippen molar-refractivity contribution in [3.63, 3.8) is 0 Å². The fourth-order valence-electron chi connectivity index (χ4n) is 2.74. The number of thiazole rings is 1. The lowest BCUT2D eigenvalue weighted by molar-refractivity contribution is 0.532. The van der Waals surface area contributed by atoms with Crippen LogP contribution in [-0.4, -0.2) is 31.0 Å². The average Bonchev–Trinajstić information content (AvgIpc) is 3.21. The van der Waals surface area contributed by atoms with Crippen molar-refractivity contribution in [1.29, 1.82) is 0 Å². The first-order valence-corrected chi connectivity index (χ1v) is 11.3. The summed E-state index contributed by atoms with van der Waals surface area (Å²) in [6.07, 6.45) is 3.11. The molecule has 10 heteroatoms. The predicted molar refractivity (Wildman–Crippen MR) is 117 cm³/mol. The summed E-state index contributed by atoms with van der Waals surface area (Å²) in [6.45, 7) is 2.33. The van der Waals surface area contributed by atoms with Crippen molar-refractivity contribution in [2.24, 2.45) is 0 Å². The molecule has 0 aliphatic heterocycles. The van der Waals surface area contributed by atoms with E-state index in [1.165, 1.54) is 29.5 Å². The monoisotopic (exact) mass is 456 g/mol. The summed E-state index contributed by atoms with van der Waals surface area (Å²) in [4.78, 5) is 8.48. The zero-order chi connectivity index (χ0) is 20.0. The maximum Gasteiger partial charge on any atom is 0.240 e. The third-order valence-electron chi connectivity index (χ3n) is 4.08. The molecule has 2 aromatic heterocycles. The zero-order valence-corrected chi connectivity index (χ0v) is 18.2. The highest BCUT2D eigenvalue weighted by Gasteiger charge is 2.20. The number of aromatic nitrogens is 2. The Morgan fingerprint density at radius 3 is 2.72 bits per heavy atom. The summed E-state index contributed by atoms with van der Waals surface area (Å²) in [5.74, 6) is 0.0488. The number of halogens is 2. The highest BCUT2D eigenvalue weighted by molar-refractivity contribution is 7.89. The largest absolute Gasteiger partial charge is 0.368 e. The van der Waals surface area contributed by atoms with Gasteiger partial charge in [-0.3, -0.25) is 0 Å². The van der Waals surface area contributed by atoms with Crippen molar-refractivity contribution in [3.05, 3.63) is 59.3 Å². The van der Waals surface area contributed by atoms with Gasteiger partial charge in [-0.05, 0) is 36.8 Å². The second kappa shape index (κ2) is 10.6. The number of hydrogen-bond donors (Lipinski definition) is 2. The van der Waals surface area contributed by atoms with Crippen LogP contribution in [0.25, 0.3) is 11.3 Å². The first-order chi connectivity index (χ1) is 13.5. The van der Waals surface area contributed by atoms with E-state index in [0.29, 0.717) is 18.8 Å². The number of nitrogens with zero attached hydrogens (tertiary/aromatic N) is 2. The molecular weight excluding hydrogens is 435 g/mol. The van der Waals surface area contributed by atoms with Gasteiger partial charge >= 0.3 is 0 Å². The molecule has 156 valence electrons. The van der Waals surface area contributed by atoms with E-state index in [9.17, 15) is 12.8 Å².